The van der Waals surface area contributed by atoms with Gasteiger partial charge in [-0.25, -0.2) is 12.1 Å². The van der Waals surface area contributed by atoms with Gasteiger partial charge in [0.25, 0.3) is 0 Å². The molecule has 0 N–H and O–H groups in total. The molecule has 0 heterocycles. The van der Waals surface area contributed by atoms with Crippen LogP contribution in [0.1, 0.15) is 5.56 Å². The maximum Gasteiger partial charge on any atom is 2.00 e. The van der Waals surface area contributed by atoms with Gasteiger partial charge in [0, 0.05) is 10.0 Å². The zero-order valence-corrected chi connectivity index (χ0v) is 14.7. The average molecular weight is 385 g/mol. The summed E-state index contributed by atoms with van der Waals surface area (Å²) in [6, 6.07) is 15.2. The predicted octanol–water partition coefficient (Wildman–Crippen LogP) is 5.15. The summed E-state index contributed by atoms with van der Waals surface area (Å²) in [6.07, 6.45) is 10.4. The third-order valence-corrected chi connectivity index (χ3v) is 3.44. The van der Waals surface area contributed by atoms with Gasteiger partial charge in [-0.3, -0.25) is 0 Å². The summed E-state index contributed by atoms with van der Waals surface area (Å²) in [6.45, 7) is 0. The Kier molecular flexibility index (Phi) is 8.68. The molecule has 3 rings (SSSR count). The topological polar surface area (TPSA) is 23.1 Å². The maximum absolute atomic E-state index is 11.7. The molecule has 23 heavy (non-hydrogen) atoms. The van der Waals surface area contributed by atoms with Crippen molar-refractivity contribution in [2.24, 2.45) is 0 Å². The van der Waals surface area contributed by atoms with Crippen molar-refractivity contribution in [3.05, 3.63) is 106 Å². The van der Waals surface area contributed by atoms with E-state index in [0.29, 0.717) is 15.6 Å². The van der Waals surface area contributed by atoms with Crippen LogP contribution in [0.25, 0.3) is 6.08 Å². The normalized spacial score (nSPS) is 12.0. The monoisotopic (exact) mass is 384 g/mol. The third-order valence-electron chi connectivity index (χ3n) is 2.88. The summed E-state index contributed by atoms with van der Waals surface area (Å²) in [5, 5.41) is 12.8. The van der Waals surface area contributed by atoms with Crippen molar-refractivity contribution in [1.82, 2.24) is 0 Å². The fourth-order valence-corrected chi connectivity index (χ4v) is 2.23. The minimum atomic E-state index is -0.0407. The molecule has 0 unspecified atom stereocenters. The second kappa shape index (κ2) is 10.3. The number of hydrogen-bond acceptors (Lipinski definition) is 1. The molecule has 0 bridgehead atoms. The van der Waals surface area contributed by atoms with Gasteiger partial charge in [-0.05, 0) is 23.3 Å². The summed E-state index contributed by atoms with van der Waals surface area (Å²) in [4.78, 5) is 0. The van der Waals surface area contributed by atoms with Crippen LogP contribution in [0.15, 0.2) is 90.2 Å². The number of halogens is 2. The second-order valence-corrected chi connectivity index (χ2v) is 5.34. The van der Waals surface area contributed by atoms with Crippen molar-refractivity contribution in [3.63, 3.8) is 0 Å². The van der Waals surface area contributed by atoms with Crippen LogP contribution in [0.2, 0.25) is 10.0 Å². The molecule has 0 radical (unpaired) electrons. The van der Waals surface area contributed by atoms with Crippen LogP contribution in [0, 0.1) is 0 Å². The zero-order valence-electron chi connectivity index (χ0n) is 12.1. The fraction of sp³-hybridized carbons (Fsp3) is 0. The van der Waals surface area contributed by atoms with Crippen LogP contribution in [0.3, 0.4) is 0 Å². The van der Waals surface area contributed by atoms with Gasteiger partial charge in [0.2, 0.25) is 0 Å². The largest absolute Gasteiger partial charge is 2.00 e. The summed E-state index contributed by atoms with van der Waals surface area (Å²) in [7, 11) is 0. The van der Waals surface area contributed by atoms with Crippen LogP contribution in [0.5, 0.6) is 0 Å². The van der Waals surface area contributed by atoms with Crippen molar-refractivity contribution in [2.75, 3.05) is 0 Å². The fourth-order valence-electron chi connectivity index (χ4n) is 1.76. The van der Waals surface area contributed by atoms with Crippen LogP contribution < -0.4 is 5.11 Å². The minimum absolute atomic E-state index is 0. The molecule has 2 aromatic rings. The van der Waals surface area contributed by atoms with Crippen molar-refractivity contribution in [1.29, 1.82) is 0 Å². The van der Waals surface area contributed by atoms with Crippen molar-refractivity contribution in [2.45, 2.75) is 0 Å². The van der Waals surface area contributed by atoms with Crippen LogP contribution in [-0.2, 0) is 17.1 Å². The van der Waals surface area contributed by atoms with E-state index >= 15 is 0 Å². The molecule has 0 aromatic heterocycles. The molecule has 0 spiro atoms. The molecule has 0 aliphatic heterocycles. The first kappa shape index (κ1) is 19.5. The number of benzene rings is 1. The number of rotatable bonds is 2. The third kappa shape index (κ3) is 6.60. The van der Waals surface area contributed by atoms with Gasteiger partial charge < -0.3 is 5.11 Å². The molecule has 0 saturated heterocycles. The molecule has 2 aromatic carbocycles. The van der Waals surface area contributed by atoms with Gasteiger partial charge in [-0.2, -0.15) is 18.2 Å². The zero-order chi connectivity index (χ0) is 15.8. The first-order valence-electron chi connectivity index (χ1n) is 6.72. The summed E-state index contributed by atoms with van der Waals surface area (Å²) < 4.78 is 0. The quantitative estimate of drug-likeness (QED) is 0.399. The van der Waals surface area contributed by atoms with E-state index in [1.807, 2.05) is 42.5 Å². The first-order chi connectivity index (χ1) is 10.7. The Morgan fingerprint density at radius 3 is 2.22 bits per heavy atom. The van der Waals surface area contributed by atoms with E-state index in [9.17, 15) is 5.11 Å². The molecule has 0 fully saturated rings. The number of allylic oxidation sites excluding steroid dienone is 6. The maximum atomic E-state index is 11.7. The Balaban J connectivity index is 0.000000377. The molecule has 118 valence electrons. The van der Waals surface area contributed by atoms with E-state index in [0.717, 1.165) is 5.56 Å². The molecule has 1 aliphatic carbocycles. The second-order valence-electron chi connectivity index (χ2n) is 4.50. The van der Waals surface area contributed by atoms with Gasteiger partial charge in [0.15, 0.2) is 0 Å². The van der Waals surface area contributed by atoms with Crippen molar-refractivity contribution < 1.29 is 22.2 Å². The molecule has 1 aliphatic rings. The SMILES string of the molecule is [Fe+2].[O-]C(/C=C/c1ccc(Cl)cc1Cl)=C1C=CC=C1.c1cc[cH-]c1. The van der Waals surface area contributed by atoms with Gasteiger partial charge in [0.05, 0.1) is 0 Å². The Morgan fingerprint density at radius 2 is 1.70 bits per heavy atom. The smallest absolute Gasteiger partial charge is 0.872 e. The van der Waals surface area contributed by atoms with Gasteiger partial charge in [-0.15, -0.1) is 5.76 Å². The summed E-state index contributed by atoms with van der Waals surface area (Å²) in [5.74, 6) is -0.0407. The van der Waals surface area contributed by atoms with Crippen molar-refractivity contribution >= 4 is 29.3 Å². The van der Waals surface area contributed by atoms with Crippen LogP contribution in [0.4, 0.5) is 0 Å². The average Bonchev–Trinajstić information content (AvgIpc) is 3.21. The molecule has 1 nitrogen and oxygen atoms in total. The van der Waals surface area contributed by atoms with E-state index in [1.54, 1.807) is 36.4 Å². The molecule has 0 saturated carbocycles. The Morgan fingerprint density at radius 1 is 1.04 bits per heavy atom. The Hall–Kier alpha value is -1.57. The van der Waals surface area contributed by atoms with Gasteiger partial charge in [0.1, 0.15) is 0 Å². The molecule has 0 atom stereocenters. The molecular weight excluding hydrogens is 371 g/mol. The Labute approximate surface area is 157 Å². The number of hydrogen-bond donors (Lipinski definition) is 0. The standard InChI is InChI=1S/C14H10Cl2O.C5H5.Fe/c15-12-7-5-10(13(16)9-12)6-8-14(17)11-3-1-2-4-11;1-2-4-5-3-1;/h1-9,17H;1-5H;/q;-1;+2/p-1/b8-6+;;. The van der Waals surface area contributed by atoms with Crippen LogP contribution >= 0.6 is 23.2 Å². The van der Waals surface area contributed by atoms with Crippen LogP contribution in [-0.4, -0.2) is 0 Å². The van der Waals surface area contributed by atoms with E-state index < -0.39 is 0 Å². The van der Waals surface area contributed by atoms with E-state index in [4.69, 9.17) is 23.2 Å². The minimum Gasteiger partial charge on any atom is -0.872 e. The summed E-state index contributed by atoms with van der Waals surface area (Å²) >= 11 is 11.8. The predicted molar refractivity (Wildman–Crippen MR) is 92.8 cm³/mol. The van der Waals surface area contributed by atoms with E-state index in [-0.39, 0.29) is 22.8 Å². The molecular formula is C19H14Cl2FeO. The van der Waals surface area contributed by atoms with Gasteiger partial charge >= 0.3 is 17.1 Å². The molecule has 4 heteroatoms. The Bertz CT molecular complexity index is 695. The molecule has 0 amide bonds. The van der Waals surface area contributed by atoms with Gasteiger partial charge in [-0.1, -0.05) is 65.7 Å². The summed E-state index contributed by atoms with van der Waals surface area (Å²) in [5.41, 5.74) is 1.45. The van der Waals surface area contributed by atoms with E-state index in [2.05, 4.69) is 0 Å². The van der Waals surface area contributed by atoms with E-state index in [1.165, 1.54) is 6.08 Å². The first-order valence-corrected chi connectivity index (χ1v) is 7.48. The van der Waals surface area contributed by atoms with Crippen molar-refractivity contribution in [3.8, 4) is 0 Å².